The summed E-state index contributed by atoms with van der Waals surface area (Å²) < 4.78 is 38.2. The highest BCUT2D eigenvalue weighted by atomic mass is 79.9. The summed E-state index contributed by atoms with van der Waals surface area (Å²) in [7, 11) is -4.27. The van der Waals surface area contributed by atoms with Crippen molar-refractivity contribution in [1.82, 2.24) is 4.90 Å². The average Bonchev–Trinajstić information content (AvgIpc) is 3.15. The number of carbonyl (C=O) groups excluding carboxylic acids is 3. The van der Waals surface area contributed by atoms with Crippen molar-refractivity contribution in [2.24, 2.45) is 0 Å². The first-order valence-corrected chi connectivity index (χ1v) is 15.6. The third-order valence-corrected chi connectivity index (χ3v) is 8.95. The SMILES string of the molecule is CCOc1cc(/C=C2\SC(=O)N(Cc3ccccc3Br)C2=O)cc(Br)c1OS(=O)(=O)c1ccc(NC(C)=O)cc1. The third-order valence-electron chi connectivity index (χ3n) is 5.45. The molecule has 0 atom stereocenters. The monoisotopic (exact) mass is 708 g/mol. The summed E-state index contributed by atoms with van der Waals surface area (Å²) in [5.74, 6) is -0.683. The molecule has 13 heteroatoms. The predicted molar refractivity (Wildman–Crippen MR) is 160 cm³/mol. The van der Waals surface area contributed by atoms with Crippen molar-refractivity contribution in [2.45, 2.75) is 25.3 Å². The van der Waals surface area contributed by atoms with Crippen LogP contribution in [0.4, 0.5) is 10.5 Å². The number of nitrogens with one attached hydrogen (secondary N) is 1. The minimum absolute atomic E-state index is 0.0769. The topological polar surface area (TPSA) is 119 Å². The largest absolute Gasteiger partial charge is 0.490 e. The zero-order valence-electron chi connectivity index (χ0n) is 21.1. The van der Waals surface area contributed by atoms with Crippen molar-refractivity contribution in [3.05, 3.63) is 85.6 Å². The van der Waals surface area contributed by atoms with E-state index in [0.29, 0.717) is 11.3 Å². The molecule has 1 saturated heterocycles. The van der Waals surface area contributed by atoms with Crippen molar-refractivity contribution in [1.29, 1.82) is 0 Å². The molecule has 1 aliphatic rings. The Bertz CT molecular complexity index is 1620. The van der Waals surface area contributed by atoms with Gasteiger partial charge in [-0.1, -0.05) is 34.1 Å². The van der Waals surface area contributed by atoms with Crippen LogP contribution in [-0.2, 0) is 26.3 Å². The van der Waals surface area contributed by atoms with Crippen LogP contribution in [0.1, 0.15) is 25.0 Å². The maximum Gasteiger partial charge on any atom is 0.339 e. The molecule has 1 fully saturated rings. The van der Waals surface area contributed by atoms with Crippen LogP contribution >= 0.6 is 43.6 Å². The molecule has 3 aromatic carbocycles. The van der Waals surface area contributed by atoms with Crippen LogP contribution in [-0.4, -0.2) is 37.0 Å². The summed E-state index contributed by atoms with van der Waals surface area (Å²) in [6.07, 6.45) is 1.54. The summed E-state index contributed by atoms with van der Waals surface area (Å²) in [6, 6.07) is 15.9. The fourth-order valence-corrected chi connectivity index (χ4v) is 6.52. The Morgan fingerprint density at radius 3 is 2.40 bits per heavy atom. The molecule has 3 amide bonds. The van der Waals surface area contributed by atoms with E-state index >= 15 is 0 Å². The van der Waals surface area contributed by atoms with E-state index in [1.165, 1.54) is 43.3 Å². The second kappa shape index (κ2) is 12.6. The van der Waals surface area contributed by atoms with E-state index in [0.717, 1.165) is 26.7 Å². The number of halogens is 2. The zero-order valence-corrected chi connectivity index (χ0v) is 25.9. The molecule has 1 heterocycles. The lowest BCUT2D eigenvalue weighted by Gasteiger charge is -2.15. The molecule has 9 nitrogen and oxygen atoms in total. The number of carbonyl (C=O) groups is 3. The van der Waals surface area contributed by atoms with Gasteiger partial charge in [0.2, 0.25) is 5.91 Å². The second-order valence-electron chi connectivity index (χ2n) is 8.37. The number of amides is 3. The van der Waals surface area contributed by atoms with E-state index < -0.39 is 21.3 Å². The number of nitrogens with zero attached hydrogens (tertiary/aromatic N) is 1. The highest BCUT2D eigenvalue weighted by Crippen LogP contribution is 2.41. The van der Waals surface area contributed by atoms with Gasteiger partial charge in [-0.2, -0.15) is 8.42 Å². The van der Waals surface area contributed by atoms with E-state index in [2.05, 4.69) is 37.2 Å². The van der Waals surface area contributed by atoms with Crippen LogP contribution in [0.2, 0.25) is 0 Å². The fourth-order valence-electron chi connectivity index (χ4n) is 3.67. The van der Waals surface area contributed by atoms with Gasteiger partial charge in [-0.15, -0.1) is 0 Å². The molecule has 1 N–H and O–H groups in total. The second-order valence-corrected chi connectivity index (χ2v) is 12.6. The van der Waals surface area contributed by atoms with E-state index in [1.54, 1.807) is 13.0 Å². The maximum absolute atomic E-state index is 13.1. The predicted octanol–water partition coefficient (Wildman–Crippen LogP) is 6.57. The number of hydrogen-bond donors (Lipinski definition) is 1. The number of ether oxygens (including phenoxy) is 1. The van der Waals surface area contributed by atoms with Gasteiger partial charge in [-0.05, 0) is 94.3 Å². The molecule has 0 saturated carbocycles. The van der Waals surface area contributed by atoms with Crippen molar-refractivity contribution in [3.63, 3.8) is 0 Å². The van der Waals surface area contributed by atoms with Gasteiger partial charge in [0.25, 0.3) is 11.1 Å². The zero-order chi connectivity index (χ0) is 29.0. The lowest BCUT2D eigenvalue weighted by molar-refractivity contribution is -0.123. The molecule has 0 radical (unpaired) electrons. The van der Waals surface area contributed by atoms with Gasteiger partial charge in [-0.3, -0.25) is 19.3 Å². The number of thioether (sulfide) groups is 1. The Hall–Kier alpha value is -3.13. The fraction of sp³-hybridized carbons (Fsp3) is 0.148. The maximum atomic E-state index is 13.1. The lowest BCUT2D eigenvalue weighted by atomic mass is 10.1. The molecule has 0 aromatic heterocycles. The first-order valence-electron chi connectivity index (χ1n) is 11.8. The third kappa shape index (κ3) is 6.95. The summed E-state index contributed by atoms with van der Waals surface area (Å²) in [6.45, 7) is 3.40. The number of hydrogen-bond acceptors (Lipinski definition) is 8. The van der Waals surface area contributed by atoms with Gasteiger partial charge < -0.3 is 14.2 Å². The molecule has 3 aromatic rings. The van der Waals surface area contributed by atoms with Crippen LogP contribution in [0.15, 0.2) is 79.4 Å². The van der Waals surface area contributed by atoms with E-state index in [1.807, 2.05) is 24.3 Å². The molecule has 40 heavy (non-hydrogen) atoms. The van der Waals surface area contributed by atoms with Crippen molar-refractivity contribution >= 4 is 82.6 Å². The molecule has 4 rings (SSSR count). The number of anilines is 1. The van der Waals surface area contributed by atoms with Crippen molar-refractivity contribution in [2.75, 3.05) is 11.9 Å². The van der Waals surface area contributed by atoms with Gasteiger partial charge in [0.15, 0.2) is 11.5 Å². The Labute approximate surface area is 252 Å². The molecule has 208 valence electrons. The Kier molecular flexibility index (Phi) is 9.39. The van der Waals surface area contributed by atoms with Crippen LogP contribution in [0.25, 0.3) is 6.08 Å². The van der Waals surface area contributed by atoms with E-state index in [4.69, 9.17) is 8.92 Å². The Balaban J connectivity index is 1.60. The van der Waals surface area contributed by atoms with Gasteiger partial charge in [-0.25, -0.2) is 0 Å². The highest BCUT2D eigenvalue weighted by molar-refractivity contribution is 9.10. The number of benzene rings is 3. The highest BCUT2D eigenvalue weighted by Gasteiger charge is 2.35. The van der Waals surface area contributed by atoms with Crippen molar-refractivity contribution < 1.29 is 31.7 Å². The van der Waals surface area contributed by atoms with E-state index in [-0.39, 0.29) is 44.8 Å². The van der Waals surface area contributed by atoms with Gasteiger partial charge >= 0.3 is 10.1 Å². The summed E-state index contributed by atoms with van der Waals surface area (Å²) in [5, 5.41) is 2.17. The molecule has 0 aliphatic carbocycles. The molecule has 0 bridgehead atoms. The molecule has 1 aliphatic heterocycles. The molecular weight excluding hydrogens is 688 g/mol. The standard InChI is InChI=1S/C27H22Br2N2O7S2/c1-3-37-23-13-17(14-24-26(33)31(27(34)39-24)15-18-6-4-5-7-21(18)28)12-22(29)25(23)38-40(35,36)20-10-8-19(9-11-20)30-16(2)32/h4-14H,3,15H2,1-2H3,(H,30,32)/b24-14-. The van der Waals surface area contributed by atoms with Crippen LogP contribution in [0, 0.1) is 0 Å². The van der Waals surface area contributed by atoms with Crippen molar-refractivity contribution in [3.8, 4) is 11.5 Å². The van der Waals surface area contributed by atoms with Crippen LogP contribution < -0.4 is 14.2 Å². The van der Waals surface area contributed by atoms with Crippen LogP contribution in [0.5, 0.6) is 11.5 Å². The van der Waals surface area contributed by atoms with Gasteiger partial charge in [0.1, 0.15) is 4.90 Å². The number of imide groups is 1. The normalized spacial score (nSPS) is 14.5. The Morgan fingerprint density at radius 2 is 1.75 bits per heavy atom. The van der Waals surface area contributed by atoms with Gasteiger partial charge in [0, 0.05) is 17.1 Å². The lowest BCUT2D eigenvalue weighted by Crippen LogP contribution is -2.27. The molecular formula is C27H22Br2N2O7S2. The minimum Gasteiger partial charge on any atom is -0.490 e. The van der Waals surface area contributed by atoms with E-state index in [9.17, 15) is 22.8 Å². The quantitative estimate of drug-likeness (QED) is 0.196. The average molecular weight is 710 g/mol. The summed E-state index contributed by atoms with van der Waals surface area (Å²) in [5.41, 5.74) is 1.72. The van der Waals surface area contributed by atoms with Crippen LogP contribution in [0.3, 0.4) is 0 Å². The first kappa shape index (κ1) is 29.8. The van der Waals surface area contributed by atoms with Gasteiger partial charge in [0.05, 0.1) is 22.5 Å². The molecule has 0 spiro atoms. The number of rotatable bonds is 9. The first-order chi connectivity index (χ1) is 19.0. The summed E-state index contributed by atoms with van der Waals surface area (Å²) >= 11 is 7.61. The Morgan fingerprint density at radius 1 is 1.05 bits per heavy atom. The minimum atomic E-state index is -4.27. The smallest absolute Gasteiger partial charge is 0.339 e. The molecule has 0 unspecified atom stereocenters. The summed E-state index contributed by atoms with van der Waals surface area (Å²) in [4.78, 5) is 38.2.